The molecule has 0 saturated heterocycles. The number of aryl methyl sites for hydroxylation is 1. The van der Waals surface area contributed by atoms with Crippen molar-refractivity contribution in [2.24, 2.45) is 0 Å². The van der Waals surface area contributed by atoms with Crippen molar-refractivity contribution in [3.05, 3.63) is 65.9 Å². The van der Waals surface area contributed by atoms with E-state index in [1.165, 1.54) is 25.1 Å². The lowest BCUT2D eigenvalue weighted by Gasteiger charge is -2.16. The molecule has 0 radical (unpaired) electrons. The second kappa shape index (κ2) is 8.64. The zero-order valence-corrected chi connectivity index (χ0v) is 15.7. The summed E-state index contributed by atoms with van der Waals surface area (Å²) < 4.78 is 34.7. The molecule has 0 saturated carbocycles. The van der Waals surface area contributed by atoms with Crippen molar-refractivity contribution < 1.29 is 27.8 Å². The smallest absolute Gasteiger partial charge is 0.387 e. The van der Waals surface area contributed by atoms with Gasteiger partial charge >= 0.3 is 12.6 Å². The van der Waals surface area contributed by atoms with Gasteiger partial charge < -0.3 is 14.8 Å². The molecule has 0 bridgehead atoms. The van der Waals surface area contributed by atoms with Gasteiger partial charge in [0.15, 0.2) is 6.10 Å². The third kappa shape index (κ3) is 4.84. The number of carbonyl (C=O) groups is 2. The molecule has 6 nitrogen and oxygen atoms in total. The Hall–Kier alpha value is -3.55. The minimum absolute atomic E-state index is 0.0471. The Bertz CT molecular complexity index is 1060. The number of nitrogens with one attached hydrogen (secondary N) is 1. The molecule has 8 heteroatoms. The van der Waals surface area contributed by atoms with Gasteiger partial charge in [-0.1, -0.05) is 30.3 Å². The zero-order chi connectivity index (χ0) is 21.0. The van der Waals surface area contributed by atoms with Gasteiger partial charge in [0.2, 0.25) is 0 Å². The fourth-order valence-corrected chi connectivity index (χ4v) is 2.76. The molecule has 0 aliphatic rings. The molecule has 1 aromatic heterocycles. The van der Waals surface area contributed by atoms with Gasteiger partial charge in [0.1, 0.15) is 5.75 Å². The van der Waals surface area contributed by atoms with Crippen molar-refractivity contribution in [2.75, 3.05) is 5.32 Å². The van der Waals surface area contributed by atoms with Crippen LogP contribution in [-0.2, 0) is 9.53 Å². The molecule has 1 N–H and O–H groups in total. The van der Waals surface area contributed by atoms with E-state index in [2.05, 4.69) is 15.0 Å². The summed E-state index contributed by atoms with van der Waals surface area (Å²) in [5.41, 5.74) is 1.60. The summed E-state index contributed by atoms with van der Waals surface area (Å²) in [7, 11) is 0. The Morgan fingerprint density at radius 2 is 1.76 bits per heavy atom. The van der Waals surface area contributed by atoms with E-state index in [1.54, 1.807) is 43.3 Å². The first-order chi connectivity index (χ1) is 13.8. The van der Waals surface area contributed by atoms with Crippen LogP contribution in [0.3, 0.4) is 0 Å². The van der Waals surface area contributed by atoms with E-state index in [-0.39, 0.29) is 17.0 Å². The van der Waals surface area contributed by atoms with Crippen LogP contribution in [0.5, 0.6) is 5.75 Å². The average molecular weight is 400 g/mol. The Labute approximate surface area is 165 Å². The summed E-state index contributed by atoms with van der Waals surface area (Å²) in [6.45, 7) is 0.103. The number of fused-ring (bicyclic) bond motifs is 1. The number of ether oxygens (including phenoxy) is 2. The lowest BCUT2D eigenvalue weighted by molar-refractivity contribution is -0.123. The van der Waals surface area contributed by atoms with Crippen molar-refractivity contribution in [3.63, 3.8) is 0 Å². The fraction of sp³-hybridized carbons (Fsp3) is 0.190. The molecule has 1 heterocycles. The molecule has 1 unspecified atom stereocenters. The number of benzene rings is 2. The van der Waals surface area contributed by atoms with Gasteiger partial charge in [-0.3, -0.25) is 9.78 Å². The highest BCUT2D eigenvalue weighted by Gasteiger charge is 2.22. The first kappa shape index (κ1) is 20.2. The predicted octanol–water partition coefficient (Wildman–Crippen LogP) is 4.33. The van der Waals surface area contributed by atoms with E-state index in [0.29, 0.717) is 16.6 Å². The number of alkyl halides is 2. The monoisotopic (exact) mass is 400 g/mol. The summed E-state index contributed by atoms with van der Waals surface area (Å²) in [5, 5.41) is 3.04. The molecule has 0 aliphatic heterocycles. The number of aromatic nitrogens is 1. The van der Waals surface area contributed by atoms with Gasteiger partial charge in [-0.2, -0.15) is 8.78 Å². The first-order valence-corrected chi connectivity index (χ1v) is 8.77. The number of esters is 1. The number of para-hydroxylation sites is 3. The minimum Gasteiger partial charge on any atom is -0.449 e. The summed E-state index contributed by atoms with van der Waals surface area (Å²) in [5.74, 6) is -1.56. The molecule has 150 valence electrons. The third-order valence-corrected chi connectivity index (χ3v) is 4.08. The highest BCUT2D eigenvalue weighted by Crippen LogP contribution is 2.26. The molecule has 2 aromatic carbocycles. The first-order valence-electron chi connectivity index (χ1n) is 8.77. The topological polar surface area (TPSA) is 77.5 Å². The van der Waals surface area contributed by atoms with Crippen LogP contribution in [-0.4, -0.2) is 29.6 Å². The highest BCUT2D eigenvalue weighted by molar-refractivity contribution is 6.05. The van der Waals surface area contributed by atoms with Gasteiger partial charge in [-0.05, 0) is 38.1 Å². The highest BCUT2D eigenvalue weighted by atomic mass is 19.3. The molecule has 3 rings (SSSR count). The normalized spacial score (nSPS) is 11.9. The Balaban J connectivity index is 1.75. The number of anilines is 1. The molecule has 29 heavy (non-hydrogen) atoms. The summed E-state index contributed by atoms with van der Waals surface area (Å²) in [6, 6.07) is 14.4. The number of nitrogens with zero attached hydrogens (tertiary/aromatic N) is 1. The van der Waals surface area contributed by atoms with Gasteiger partial charge in [-0.25, -0.2) is 4.79 Å². The summed E-state index contributed by atoms with van der Waals surface area (Å²) in [4.78, 5) is 29.4. The maximum absolute atomic E-state index is 12.6. The zero-order valence-electron chi connectivity index (χ0n) is 15.7. The number of hydrogen-bond donors (Lipinski definition) is 1. The number of halogens is 2. The second-order valence-electron chi connectivity index (χ2n) is 6.24. The molecule has 0 aliphatic carbocycles. The lowest BCUT2D eigenvalue weighted by Crippen LogP contribution is -2.30. The van der Waals surface area contributed by atoms with Crippen LogP contribution in [0.1, 0.15) is 23.0 Å². The van der Waals surface area contributed by atoms with Crippen molar-refractivity contribution in [1.82, 2.24) is 4.98 Å². The van der Waals surface area contributed by atoms with Gasteiger partial charge in [-0.15, -0.1) is 0 Å². The molecule has 3 aromatic rings. The van der Waals surface area contributed by atoms with Crippen molar-refractivity contribution in [3.8, 4) is 5.75 Å². The fourth-order valence-electron chi connectivity index (χ4n) is 2.76. The Morgan fingerprint density at radius 1 is 1.07 bits per heavy atom. The van der Waals surface area contributed by atoms with Crippen LogP contribution in [0.2, 0.25) is 0 Å². The quantitative estimate of drug-likeness (QED) is 0.623. The minimum atomic E-state index is -3.04. The van der Waals surface area contributed by atoms with Gasteiger partial charge in [0, 0.05) is 11.1 Å². The van der Waals surface area contributed by atoms with Gasteiger partial charge in [0.05, 0.1) is 16.8 Å². The number of hydrogen-bond acceptors (Lipinski definition) is 5. The van der Waals surface area contributed by atoms with Crippen LogP contribution in [0, 0.1) is 6.92 Å². The van der Waals surface area contributed by atoms with Crippen LogP contribution in [0.25, 0.3) is 10.9 Å². The molecule has 0 spiro atoms. The van der Waals surface area contributed by atoms with Crippen LogP contribution >= 0.6 is 0 Å². The number of pyridine rings is 1. The average Bonchev–Trinajstić information content (AvgIpc) is 2.68. The maximum atomic E-state index is 12.6. The Morgan fingerprint density at radius 3 is 2.52 bits per heavy atom. The third-order valence-electron chi connectivity index (χ3n) is 4.08. The van der Waals surface area contributed by atoms with Crippen LogP contribution in [0.15, 0.2) is 54.6 Å². The largest absolute Gasteiger partial charge is 0.449 e. The van der Waals surface area contributed by atoms with E-state index < -0.39 is 24.6 Å². The van der Waals surface area contributed by atoms with E-state index in [4.69, 9.17) is 4.74 Å². The van der Waals surface area contributed by atoms with Crippen molar-refractivity contribution in [2.45, 2.75) is 26.6 Å². The Kier molecular flexibility index (Phi) is 6.01. The molecule has 0 fully saturated rings. The lowest BCUT2D eigenvalue weighted by atomic mass is 10.1. The summed E-state index contributed by atoms with van der Waals surface area (Å²) in [6.07, 6.45) is -1.17. The maximum Gasteiger partial charge on any atom is 0.387 e. The van der Waals surface area contributed by atoms with E-state index in [9.17, 15) is 18.4 Å². The van der Waals surface area contributed by atoms with E-state index >= 15 is 0 Å². The van der Waals surface area contributed by atoms with Crippen molar-refractivity contribution >= 4 is 28.5 Å². The molecule has 1 atom stereocenters. The van der Waals surface area contributed by atoms with Crippen LogP contribution < -0.4 is 10.1 Å². The molecular formula is C21H18F2N2O4. The van der Waals surface area contributed by atoms with Gasteiger partial charge in [0.25, 0.3) is 5.91 Å². The SMILES string of the molecule is Cc1cc(C(=O)OC(C)C(=O)Nc2ccccc2OC(F)F)c2ccccc2n1. The van der Waals surface area contributed by atoms with Crippen molar-refractivity contribution in [1.29, 1.82) is 0 Å². The van der Waals surface area contributed by atoms with E-state index in [1.807, 2.05) is 0 Å². The predicted molar refractivity (Wildman–Crippen MR) is 103 cm³/mol. The number of carbonyl (C=O) groups excluding carboxylic acids is 2. The molecular weight excluding hydrogens is 382 g/mol. The van der Waals surface area contributed by atoms with Crippen LogP contribution in [0.4, 0.5) is 14.5 Å². The molecule has 1 amide bonds. The van der Waals surface area contributed by atoms with E-state index in [0.717, 1.165) is 0 Å². The number of amides is 1. The summed E-state index contributed by atoms with van der Waals surface area (Å²) >= 11 is 0. The second-order valence-corrected chi connectivity index (χ2v) is 6.24. The number of rotatable bonds is 6. The standard InChI is InChI=1S/C21H18F2N2O4/c1-12-11-15(14-7-3-4-8-16(14)24-12)20(27)28-13(2)19(26)25-17-9-5-6-10-18(17)29-21(22)23/h3-11,13,21H,1-2H3,(H,25,26).